The van der Waals surface area contributed by atoms with Crippen LogP contribution in [-0.2, 0) is 24.1 Å². The fourth-order valence-electron chi connectivity index (χ4n) is 2.17. The first-order valence-corrected chi connectivity index (χ1v) is 10.1. The van der Waals surface area contributed by atoms with Crippen molar-refractivity contribution >= 4 is 40.5 Å². The van der Waals surface area contributed by atoms with Crippen LogP contribution in [0.15, 0.2) is 21.8 Å². The molecule has 0 unspecified atom stereocenters. The molecule has 1 aliphatic rings. The number of primary sulfonamides is 1. The van der Waals surface area contributed by atoms with E-state index in [9.17, 15) is 13.2 Å². The molecule has 1 saturated heterocycles. The van der Waals surface area contributed by atoms with E-state index in [1.807, 2.05) is 27.7 Å². The third-order valence-electron chi connectivity index (χ3n) is 4.31. The van der Waals surface area contributed by atoms with E-state index in [4.69, 9.17) is 14.4 Å². The number of sulfonamides is 1. The van der Waals surface area contributed by atoms with Gasteiger partial charge in [0.15, 0.2) is 0 Å². The smallest absolute Gasteiger partial charge is 0.400 e. The van der Waals surface area contributed by atoms with Gasteiger partial charge in [0, 0.05) is 18.3 Å². The molecule has 1 aromatic rings. The lowest BCUT2D eigenvalue weighted by molar-refractivity contribution is -0.118. The van der Waals surface area contributed by atoms with Gasteiger partial charge in [0.1, 0.15) is 4.21 Å². The second-order valence-electron chi connectivity index (χ2n) is 6.92. The quantitative estimate of drug-likeness (QED) is 0.747. The van der Waals surface area contributed by atoms with Crippen LogP contribution in [0.3, 0.4) is 0 Å². The highest BCUT2D eigenvalue weighted by molar-refractivity contribution is 7.91. The van der Waals surface area contributed by atoms with Crippen LogP contribution in [0.5, 0.6) is 0 Å². The monoisotopic (exact) mass is 386 g/mol. The summed E-state index contributed by atoms with van der Waals surface area (Å²) in [6.45, 7) is 9.40. The molecular weight excluding hydrogens is 363 g/mol. The number of carbonyl (C=O) groups excluding carboxylic acids is 1. The van der Waals surface area contributed by atoms with Crippen molar-refractivity contribution in [3.63, 3.8) is 0 Å². The molecule has 7 nitrogen and oxygen atoms in total. The van der Waals surface area contributed by atoms with E-state index in [0.717, 1.165) is 11.3 Å². The van der Waals surface area contributed by atoms with Gasteiger partial charge >= 0.3 is 7.12 Å². The Morgan fingerprint density at radius 1 is 1.28 bits per heavy atom. The maximum atomic E-state index is 11.4. The summed E-state index contributed by atoms with van der Waals surface area (Å²) in [5.41, 5.74) is -0.348. The highest BCUT2D eigenvalue weighted by Gasteiger charge is 2.52. The lowest BCUT2D eigenvalue weighted by atomic mass is 9.77. The van der Waals surface area contributed by atoms with Crippen LogP contribution in [-0.4, -0.2) is 39.2 Å². The highest BCUT2D eigenvalue weighted by atomic mass is 32.2. The normalized spacial score (nSPS) is 19.9. The topological polar surface area (TPSA) is 108 Å². The van der Waals surface area contributed by atoms with Gasteiger partial charge in [-0.05, 0) is 51.4 Å². The second-order valence-corrected chi connectivity index (χ2v) is 9.82. The van der Waals surface area contributed by atoms with Gasteiger partial charge in [0.25, 0.3) is 0 Å². The minimum absolute atomic E-state index is 0.0755. The zero-order valence-electron chi connectivity index (χ0n) is 15.0. The molecule has 0 bridgehead atoms. The molecule has 2 heterocycles. The molecule has 0 aliphatic carbocycles. The van der Waals surface area contributed by atoms with Crippen LogP contribution in [0.1, 0.15) is 39.5 Å². The van der Waals surface area contributed by atoms with Crippen LogP contribution in [0.25, 0.3) is 6.08 Å². The van der Waals surface area contributed by atoms with Crippen LogP contribution in [0.4, 0.5) is 0 Å². The average molecular weight is 386 g/mol. The molecule has 0 atom stereocenters. The number of hydrogen-bond acceptors (Lipinski definition) is 6. The van der Waals surface area contributed by atoms with E-state index >= 15 is 0 Å². The Morgan fingerprint density at radius 3 is 2.28 bits per heavy atom. The second kappa shape index (κ2) is 6.84. The summed E-state index contributed by atoms with van der Waals surface area (Å²) in [4.78, 5) is 12.0. The summed E-state index contributed by atoms with van der Waals surface area (Å²) in [6, 6.07) is 3.11. The van der Waals surface area contributed by atoms with Crippen molar-refractivity contribution in [3.05, 3.63) is 22.5 Å². The van der Waals surface area contributed by atoms with Crippen molar-refractivity contribution in [2.75, 3.05) is 6.54 Å². The van der Waals surface area contributed by atoms with Gasteiger partial charge in [-0.1, -0.05) is 0 Å². The Morgan fingerprint density at radius 2 is 1.84 bits per heavy atom. The first-order valence-electron chi connectivity index (χ1n) is 7.75. The van der Waals surface area contributed by atoms with Gasteiger partial charge in [-0.2, -0.15) is 0 Å². The molecule has 10 heteroatoms. The van der Waals surface area contributed by atoms with Gasteiger partial charge in [-0.3, -0.25) is 4.79 Å². The molecule has 138 valence electrons. The summed E-state index contributed by atoms with van der Waals surface area (Å²) in [5.74, 6) is -0.182. The molecule has 1 aliphatic heterocycles. The Labute approximate surface area is 152 Å². The van der Waals surface area contributed by atoms with Gasteiger partial charge in [-0.25, -0.2) is 13.6 Å². The van der Waals surface area contributed by atoms with Crippen molar-refractivity contribution in [3.8, 4) is 0 Å². The van der Waals surface area contributed by atoms with E-state index in [1.54, 1.807) is 12.1 Å². The zero-order chi connectivity index (χ0) is 19.0. The van der Waals surface area contributed by atoms with E-state index in [2.05, 4.69) is 5.32 Å². The first-order chi connectivity index (χ1) is 11.3. The van der Waals surface area contributed by atoms with Crippen LogP contribution < -0.4 is 10.5 Å². The third kappa shape index (κ3) is 4.70. The number of carbonyl (C=O) groups is 1. The Balaban J connectivity index is 2.33. The number of amides is 1. The minimum atomic E-state index is -3.74. The number of nitrogens with two attached hydrogens (primary N) is 1. The summed E-state index contributed by atoms with van der Waals surface area (Å²) in [7, 11) is -4.38. The van der Waals surface area contributed by atoms with Crippen molar-refractivity contribution < 1.29 is 22.5 Å². The van der Waals surface area contributed by atoms with Crippen LogP contribution >= 0.6 is 11.3 Å². The molecule has 3 N–H and O–H groups in total. The zero-order valence-corrected chi connectivity index (χ0v) is 16.6. The summed E-state index contributed by atoms with van der Waals surface area (Å²) in [5, 5.41) is 7.88. The maximum Gasteiger partial charge on any atom is 0.492 e. The van der Waals surface area contributed by atoms with Gasteiger partial charge in [0.05, 0.1) is 11.2 Å². The van der Waals surface area contributed by atoms with Gasteiger partial charge in [-0.15, -0.1) is 11.3 Å². The van der Waals surface area contributed by atoms with Crippen molar-refractivity contribution in [1.82, 2.24) is 5.32 Å². The molecule has 25 heavy (non-hydrogen) atoms. The maximum absolute atomic E-state index is 11.4. The lowest BCUT2D eigenvalue weighted by Crippen LogP contribution is -2.41. The van der Waals surface area contributed by atoms with Crippen molar-refractivity contribution in [2.24, 2.45) is 5.14 Å². The van der Waals surface area contributed by atoms with Crippen LogP contribution in [0.2, 0.25) is 0 Å². The third-order valence-corrected chi connectivity index (χ3v) is 6.78. The van der Waals surface area contributed by atoms with E-state index in [0.29, 0.717) is 10.3 Å². The van der Waals surface area contributed by atoms with Crippen molar-refractivity contribution in [2.45, 2.75) is 50.0 Å². The molecule has 0 saturated carbocycles. The largest absolute Gasteiger partial charge is 0.492 e. The highest BCUT2D eigenvalue weighted by Crippen LogP contribution is 2.39. The van der Waals surface area contributed by atoms with Gasteiger partial charge < -0.3 is 14.6 Å². The minimum Gasteiger partial charge on any atom is -0.400 e. The van der Waals surface area contributed by atoms with E-state index < -0.39 is 28.3 Å². The first kappa shape index (κ1) is 20.1. The molecule has 1 aromatic heterocycles. The fourth-order valence-corrected chi connectivity index (χ4v) is 3.90. The molecular formula is C15H23BN2O5S2. The molecule has 0 aromatic carbocycles. The Bertz CT molecular complexity index is 783. The van der Waals surface area contributed by atoms with Crippen LogP contribution in [0, 0.1) is 0 Å². The average Bonchev–Trinajstić information content (AvgIpc) is 2.97. The van der Waals surface area contributed by atoms with E-state index in [1.165, 1.54) is 13.0 Å². The molecule has 0 radical (unpaired) electrons. The SMILES string of the molecule is CC(=O)NCC(=Cc1ccc(S(N)(=O)=O)s1)B1OC(C)(C)C(C)(C)O1. The fraction of sp³-hybridized carbons (Fsp3) is 0.533. The standard InChI is InChI=1S/C15H23BN2O5S2/c1-10(19)18-9-11(16-22-14(2,3)15(4,5)23-16)8-12-6-7-13(24-12)25(17,20)21/h6-8H,9H2,1-5H3,(H,18,19)(H2,17,20,21). The predicted octanol–water partition coefficient (Wildman–Crippen LogP) is 1.55. The number of thiophene rings is 1. The Hall–Kier alpha value is -1.20. The summed E-state index contributed by atoms with van der Waals surface area (Å²) in [6.07, 6.45) is 1.76. The number of rotatable bonds is 5. The molecule has 1 amide bonds. The van der Waals surface area contributed by atoms with Crippen molar-refractivity contribution in [1.29, 1.82) is 0 Å². The van der Waals surface area contributed by atoms with E-state index in [-0.39, 0.29) is 16.7 Å². The summed E-state index contributed by atoms with van der Waals surface area (Å²) >= 11 is 1.05. The molecule has 0 spiro atoms. The molecule has 1 fully saturated rings. The number of hydrogen-bond donors (Lipinski definition) is 2. The van der Waals surface area contributed by atoms with Gasteiger partial charge in [0.2, 0.25) is 15.9 Å². The number of nitrogens with one attached hydrogen (secondary N) is 1. The Kier molecular flexibility index (Phi) is 5.51. The lowest BCUT2D eigenvalue weighted by Gasteiger charge is -2.32. The molecule has 2 rings (SSSR count). The summed E-state index contributed by atoms with van der Waals surface area (Å²) < 4.78 is 35.0. The predicted molar refractivity (Wildman–Crippen MR) is 98.4 cm³/mol.